The first-order valence-corrected chi connectivity index (χ1v) is 7.98. The summed E-state index contributed by atoms with van der Waals surface area (Å²) in [6.07, 6.45) is 6.67. The minimum Gasteiger partial charge on any atom is -0.506 e. The molecule has 2 atom stereocenters. The molecule has 24 heavy (non-hydrogen) atoms. The van der Waals surface area contributed by atoms with Gasteiger partial charge in [-0.3, -0.25) is 5.73 Å². The molecule has 6 heteroatoms. The van der Waals surface area contributed by atoms with Crippen LogP contribution in [0.25, 0.3) is 0 Å². The first-order valence-electron chi connectivity index (χ1n) is 7.98. The van der Waals surface area contributed by atoms with E-state index in [9.17, 15) is 5.11 Å². The predicted octanol–water partition coefficient (Wildman–Crippen LogP) is 1.30. The van der Waals surface area contributed by atoms with E-state index in [-0.39, 0.29) is 11.8 Å². The van der Waals surface area contributed by atoms with Crippen molar-refractivity contribution in [3.63, 3.8) is 0 Å². The smallest absolute Gasteiger partial charge is 0.173 e. The van der Waals surface area contributed by atoms with Gasteiger partial charge in [-0.15, -0.1) is 0 Å². The number of rotatable bonds is 4. The van der Waals surface area contributed by atoms with Crippen LogP contribution in [0.1, 0.15) is 16.7 Å². The molecule has 1 aromatic carbocycles. The van der Waals surface area contributed by atoms with Gasteiger partial charge in [-0.05, 0) is 31.1 Å². The van der Waals surface area contributed by atoms with E-state index in [2.05, 4.69) is 46.9 Å². The van der Waals surface area contributed by atoms with Crippen LogP contribution in [-0.4, -0.2) is 29.7 Å². The highest BCUT2D eigenvalue weighted by atomic mass is 16.3. The Morgan fingerprint density at radius 1 is 1.33 bits per heavy atom. The maximum atomic E-state index is 9.32. The first-order chi connectivity index (χ1) is 11.5. The second kappa shape index (κ2) is 6.80. The highest BCUT2D eigenvalue weighted by Crippen LogP contribution is 2.16. The van der Waals surface area contributed by atoms with E-state index in [0.717, 1.165) is 17.1 Å². The van der Waals surface area contributed by atoms with E-state index < -0.39 is 6.29 Å². The number of nitrogens with two attached hydrogens (primary N) is 1. The Morgan fingerprint density at radius 3 is 2.92 bits per heavy atom. The second-order valence-corrected chi connectivity index (χ2v) is 5.99. The lowest BCUT2D eigenvalue weighted by atomic mass is 9.99. The van der Waals surface area contributed by atoms with Gasteiger partial charge in [0.25, 0.3) is 0 Å². The summed E-state index contributed by atoms with van der Waals surface area (Å²) in [5, 5.41) is 18.9. The van der Waals surface area contributed by atoms with Crippen LogP contribution in [-0.2, 0) is 0 Å². The van der Waals surface area contributed by atoms with Crippen LogP contribution in [0.15, 0.2) is 59.2 Å². The molecule has 0 amide bonds. The van der Waals surface area contributed by atoms with Crippen LogP contribution in [0.5, 0.6) is 0 Å². The molecule has 0 saturated heterocycles. The van der Waals surface area contributed by atoms with E-state index in [1.54, 1.807) is 12.3 Å². The summed E-state index contributed by atoms with van der Waals surface area (Å²) in [7, 11) is 0. The molecule has 0 radical (unpaired) electrons. The fourth-order valence-corrected chi connectivity index (χ4v) is 2.69. The van der Waals surface area contributed by atoms with Crippen molar-refractivity contribution in [1.82, 2.24) is 16.0 Å². The lowest BCUT2D eigenvalue weighted by Crippen LogP contribution is -2.46. The molecule has 2 unspecified atom stereocenters. The van der Waals surface area contributed by atoms with Crippen molar-refractivity contribution in [2.75, 3.05) is 6.54 Å². The van der Waals surface area contributed by atoms with E-state index in [1.807, 2.05) is 18.2 Å². The Labute approximate surface area is 141 Å². The standard InChI is InChI=1S/C18H23N5O/c1-11-4-3-5-15(12(11)2)16-8-17(23-18(19)22-16)21-9-13-6-7-14(24)10-20-13/h3-8,10,13,18,20-21,23-24H,9,19H2,1-2H3. The highest BCUT2D eigenvalue weighted by Gasteiger charge is 2.16. The molecule has 0 saturated carbocycles. The zero-order valence-electron chi connectivity index (χ0n) is 13.9. The summed E-state index contributed by atoms with van der Waals surface area (Å²) in [6, 6.07) is 6.28. The molecule has 1 aromatic rings. The summed E-state index contributed by atoms with van der Waals surface area (Å²) in [5.74, 6) is 1.06. The lowest BCUT2D eigenvalue weighted by molar-refractivity contribution is 0.418. The summed E-state index contributed by atoms with van der Waals surface area (Å²) < 4.78 is 0. The SMILES string of the molecule is Cc1cccc(C2=NC(N)NC(NCC3C=CC(O)=CN3)=C2)c1C. The quantitative estimate of drug-likeness (QED) is 0.575. The molecule has 2 heterocycles. The topological polar surface area (TPSA) is 94.7 Å². The van der Waals surface area contributed by atoms with Gasteiger partial charge in [0.2, 0.25) is 0 Å². The third-order valence-electron chi connectivity index (χ3n) is 4.20. The Bertz CT molecular complexity index is 748. The molecule has 0 bridgehead atoms. The minimum atomic E-state index is -0.480. The molecule has 3 rings (SSSR count). The van der Waals surface area contributed by atoms with Crippen LogP contribution in [0.4, 0.5) is 0 Å². The molecule has 0 aliphatic carbocycles. The number of benzene rings is 1. The summed E-state index contributed by atoms with van der Waals surface area (Å²) in [4.78, 5) is 4.50. The summed E-state index contributed by atoms with van der Waals surface area (Å²) >= 11 is 0. The average molecular weight is 325 g/mol. The predicted molar refractivity (Wildman–Crippen MR) is 96.4 cm³/mol. The van der Waals surface area contributed by atoms with Crippen molar-refractivity contribution in [3.05, 3.63) is 70.9 Å². The number of nitrogens with zero attached hydrogens (tertiary/aromatic N) is 1. The fraction of sp³-hybridized carbons (Fsp3) is 0.278. The molecule has 0 spiro atoms. The van der Waals surface area contributed by atoms with Crippen LogP contribution in [0.3, 0.4) is 0 Å². The fourth-order valence-electron chi connectivity index (χ4n) is 2.69. The number of nitrogens with one attached hydrogen (secondary N) is 3. The molecular formula is C18H23N5O. The van der Waals surface area contributed by atoms with E-state index >= 15 is 0 Å². The second-order valence-electron chi connectivity index (χ2n) is 5.99. The third kappa shape index (κ3) is 3.60. The molecule has 6 nitrogen and oxygen atoms in total. The van der Waals surface area contributed by atoms with Crippen LogP contribution in [0, 0.1) is 13.8 Å². The van der Waals surface area contributed by atoms with Crippen molar-refractivity contribution in [2.24, 2.45) is 10.7 Å². The van der Waals surface area contributed by atoms with Crippen molar-refractivity contribution < 1.29 is 5.11 Å². The zero-order chi connectivity index (χ0) is 17.1. The normalized spacial score (nSPS) is 22.7. The van der Waals surface area contributed by atoms with Gasteiger partial charge < -0.3 is 21.1 Å². The van der Waals surface area contributed by atoms with Gasteiger partial charge in [0.15, 0.2) is 6.29 Å². The van der Waals surface area contributed by atoms with Crippen LogP contribution in [0.2, 0.25) is 0 Å². The maximum absolute atomic E-state index is 9.32. The maximum Gasteiger partial charge on any atom is 0.173 e. The van der Waals surface area contributed by atoms with Crippen LogP contribution < -0.4 is 21.7 Å². The van der Waals surface area contributed by atoms with Gasteiger partial charge in [-0.2, -0.15) is 0 Å². The highest BCUT2D eigenvalue weighted by molar-refractivity contribution is 6.10. The molecule has 126 valence electrons. The van der Waals surface area contributed by atoms with Crippen molar-refractivity contribution in [1.29, 1.82) is 0 Å². The van der Waals surface area contributed by atoms with Gasteiger partial charge in [0.05, 0.1) is 11.8 Å². The molecule has 2 aliphatic heterocycles. The Kier molecular flexibility index (Phi) is 4.57. The Hall–Kier alpha value is -2.73. The minimum absolute atomic E-state index is 0.0999. The Balaban J connectivity index is 1.73. The van der Waals surface area contributed by atoms with E-state index in [1.165, 1.54) is 11.1 Å². The van der Waals surface area contributed by atoms with Gasteiger partial charge >= 0.3 is 0 Å². The molecule has 6 N–H and O–H groups in total. The summed E-state index contributed by atoms with van der Waals surface area (Å²) in [6.45, 7) is 4.84. The van der Waals surface area contributed by atoms with E-state index in [4.69, 9.17) is 5.73 Å². The largest absolute Gasteiger partial charge is 0.506 e. The van der Waals surface area contributed by atoms with Gasteiger partial charge in [-0.1, -0.05) is 24.3 Å². The zero-order valence-corrected chi connectivity index (χ0v) is 13.9. The van der Waals surface area contributed by atoms with E-state index in [0.29, 0.717) is 6.54 Å². The number of aliphatic hydroxyl groups is 1. The number of dihydropyridines is 1. The van der Waals surface area contributed by atoms with Gasteiger partial charge in [0, 0.05) is 24.4 Å². The van der Waals surface area contributed by atoms with Crippen molar-refractivity contribution >= 4 is 5.71 Å². The van der Waals surface area contributed by atoms with Crippen LogP contribution >= 0.6 is 0 Å². The number of allylic oxidation sites excluding steroid dienone is 2. The van der Waals surface area contributed by atoms with Crippen molar-refractivity contribution in [2.45, 2.75) is 26.2 Å². The monoisotopic (exact) mass is 325 g/mol. The van der Waals surface area contributed by atoms with Gasteiger partial charge in [-0.25, -0.2) is 4.99 Å². The lowest BCUT2D eigenvalue weighted by Gasteiger charge is -2.25. The molecular weight excluding hydrogens is 302 g/mol. The number of aryl methyl sites for hydroxylation is 1. The molecule has 0 aromatic heterocycles. The Morgan fingerprint density at radius 2 is 2.17 bits per heavy atom. The third-order valence-corrected chi connectivity index (χ3v) is 4.20. The average Bonchev–Trinajstić information content (AvgIpc) is 2.56. The number of hydrogen-bond acceptors (Lipinski definition) is 6. The number of hydrogen-bond donors (Lipinski definition) is 5. The number of aliphatic hydroxyl groups excluding tert-OH is 1. The first kappa shape index (κ1) is 16.1. The molecule has 2 aliphatic rings. The van der Waals surface area contributed by atoms with Gasteiger partial charge in [0.1, 0.15) is 11.6 Å². The van der Waals surface area contributed by atoms with Crippen molar-refractivity contribution in [3.8, 4) is 0 Å². The number of aliphatic imine (C=N–C) groups is 1. The summed E-state index contributed by atoms with van der Waals surface area (Å²) in [5.41, 5.74) is 10.4. The molecule has 0 fully saturated rings.